The molecular weight excluding hydrogens is 202 g/mol. The number of halogens is 1. The molecule has 1 rings (SSSR count). The average Bonchev–Trinajstić information content (AvgIpc) is 2.12. The summed E-state index contributed by atoms with van der Waals surface area (Å²) in [5, 5.41) is 0.498. The summed E-state index contributed by atoms with van der Waals surface area (Å²) in [4.78, 5) is 11.2. The van der Waals surface area contributed by atoms with Crippen LogP contribution in [0, 0.1) is 0 Å². The first-order valence-electron chi connectivity index (χ1n) is 4.33. The van der Waals surface area contributed by atoms with Crippen LogP contribution in [0.5, 0.6) is 0 Å². The third-order valence-corrected chi connectivity index (χ3v) is 2.14. The molecule has 0 saturated heterocycles. The SMILES string of the molecule is CCOC(=O)Cc1c(N)cccc1Cl. The van der Waals surface area contributed by atoms with Gasteiger partial charge >= 0.3 is 5.97 Å². The molecule has 0 amide bonds. The smallest absolute Gasteiger partial charge is 0.310 e. The van der Waals surface area contributed by atoms with E-state index >= 15 is 0 Å². The minimum atomic E-state index is -0.313. The van der Waals surface area contributed by atoms with E-state index in [0.29, 0.717) is 22.9 Å². The normalized spacial score (nSPS) is 9.86. The van der Waals surface area contributed by atoms with Crippen molar-refractivity contribution in [2.45, 2.75) is 13.3 Å². The molecule has 0 aliphatic carbocycles. The number of hydrogen-bond donors (Lipinski definition) is 1. The van der Waals surface area contributed by atoms with Crippen molar-refractivity contribution in [3.63, 3.8) is 0 Å². The van der Waals surface area contributed by atoms with Crippen molar-refractivity contribution < 1.29 is 9.53 Å². The summed E-state index contributed by atoms with van der Waals surface area (Å²) < 4.78 is 4.80. The highest BCUT2D eigenvalue weighted by molar-refractivity contribution is 6.31. The van der Waals surface area contributed by atoms with E-state index in [4.69, 9.17) is 22.1 Å². The quantitative estimate of drug-likeness (QED) is 0.618. The lowest BCUT2D eigenvalue weighted by Gasteiger charge is -2.06. The lowest BCUT2D eigenvalue weighted by Crippen LogP contribution is -2.09. The minimum absolute atomic E-state index is 0.124. The van der Waals surface area contributed by atoms with Crippen molar-refractivity contribution in [2.75, 3.05) is 12.3 Å². The molecule has 0 aliphatic rings. The summed E-state index contributed by atoms with van der Waals surface area (Å²) in [5.74, 6) is -0.313. The molecular formula is C10H12ClNO2. The van der Waals surface area contributed by atoms with Crippen LogP contribution in [-0.2, 0) is 16.0 Å². The Morgan fingerprint density at radius 3 is 2.86 bits per heavy atom. The summed E-state index contributed by atoms with van der Waals surface area (Å²) in [7, 11) is 0. The van der Waals surface area contributed by atoms with E-state index in [1.54, 1.807) is 25.1 Å². The maximum Gasteiger partial charge on any atom is 0.310 e. The molecule has 0 atom stereocenters. The number of hydrogen-bond acceptors (Lipinski definition) is 3. The van der Waals surface area contributed by atoms with Crippen molar-refractivity contribution in [3.05, 3.63) is 28.8 Å². The van der Waals surface area contributed by atoms with E-state index in [-0.39, 0.29) is 12.4 Å². The Morgan fingerprint density at radius 1 is 1.57 bits per heavy atom. The first kappa shape index (κ1) is 10.9. The predicted molar refractivity (Wildman–Crippen MR) is 56.2 cm³/mol. The molecule has 0 saturated carbocycles. The second kappa shape index (κ2) is 4.86. The van der Waals surface area contributed by atoms with Gasteiger partial charge in [0.2, 0.25) is 0 Å². The zero-order chi connectivity index (χ0) is 10.6. The van der Waals surface area contributed by atoms with Gasteiger partial charge < -0.3 is 10.5 Å². The summed E-state index contributed by atoms with van der Waals surface area (Å²) >= 11 is 5.89. The van der Waals surface area contributed by atoms with Crippen LogP contribution in [0.2, 0.25) is 5.02 Å². The summed E-state index contributed by atoms with van der Waals surface area (Å²) in [6.45, 7) is 2.12. The molecule has 3 nitrogen and oxygen atoms in total. The second-order valence-electron chi connectivity index (χ2n) is 2.79. The molecule has 1 aromatic carbocycles. The van der Waals surface area contributed by atoms with E-state index in [9.17, 15) is 4.79 Å². The van der Waals surface area contributed by atoms with Crippen LogP contribution < -0.4 is 5.73 Å². The molecule has 2 N–H and O–H groups in total. The monoisotopic (exact) mass is 213 g/mol. The molecule has 0 spiro atoms. The third kappa shape index (κ3) is 2.64. The van der Waals surface area contributed by atoms with Crippen LogP contribution in [0.4, 0.5) is 5.69 Å². The van der Waals surface area contributed by atoms with Gasteiger partial charge in [0.05, 0.1) is 13.0 Å². The predicted octanol–water partition coefficient (Wildman–Crippen LogP) is 2.03. The fourth-order valence-corrected chi connectivity index (χ4v) is 1.37. The van der Waals surface area contributed by atoms with Crippen LogP contribution in [0.15, 0.2) is 18.2 Å². The first-order chi connectivity index (χ1) is 6.65. The highest BCUT2D eigenvalue weighted by atomic mass is 35.5. The Labute approximate surface area is 87.8 Å². The number of carbonyl (C=O) groups excluding carboxylic acids is 1. The standard InChI is InChI=1S/C10H12ClNO2/c1-2-14-10(13)6-7-8(11)4-3-5-9(7)12/h3-5H,2,6,12H2,1H3. The topological polar surface area (TPSA) is 52.3 Å². The fraction of sp³-hybridized carbons (Fsp3) is 0.300. The van der Waals surface area contributed by atoms with E-state index < -0.39 is 0 Å². The Bertz CT molecular complexity index is 319. The molecule has 76 valence electrons. The van der Waals surface area contributed by atoms with Gasteiger partial charge in [-0.3, -0.25) is 4.79 Å². The Hall–Kier alpha value is -1.22. The summed E-state index contributed by atoms with van der Waals surface area (Å²) in [6.07, 6.45) is 0.124. The molecule has 14 heavy (non-hydrogen) atoms. The highest BCUT2D eigenvalue weighted by Crippen LogP contribution is 2.22. The Balaban J connectivity index is 2.80. The zero-order valence-electron chi connectivity index (χ0n) is 7.92. The number of nitrogens with two attached hydrogens (primary N) is 1. The third-order valence-electron chi connectivity index (χ3n) is 1.78. The van der Waals surface area contributed by atoms with E-state index in [2.05, 4.69) is 0 Å². The number of benzene rings is 1. The van der Waals surface area contributed by atoms with Crippen LogP contribution in [0.25, 0.3) is 0 Å². The molecule has 4 heteroatoms. The highest BCUT2D eigenvalue weighted by Gasteiger charge is 2.10. The maximum absolute atomic E-state index is 11.2. The van der Waals surface area contributed by atoms with Gasteiger partial charge in [-0.05, 0) is 19.1 Å². The van der Waals surface area contributed by atoms with Crippen molar-refractivity contribution in [1.82, 2.24) is 0 Å². The van der Waals surface area contributed by atoms with Gasteiger partial charge in [0.1, 0.15) is 0 Å². The van der Waals surface area contributed by atoms with Crippen LogP contribution in [0.3, 0.4) is 0 Å². The molecule has 0 fully saturated rings. The van der Waals surface area contributed by atoms with Gasteiger partial charge in [-0.1, -0.05) is 17.7 Å². The number of anilines is 1. The van der Waals surface area contributed by atoms with Gasteiger partial charge in [0.25, 0.3) is 0 Å². The number of rotatable bonds is 3. The molecule has 0 aliphatic heterocycles. The number of nitrogen functional groups attached to an aromatic ring is 1. The van der Waals surface area contributed by atoms with Gasteiger partial charge in [-0.15, -0.1) is 0 Å². The van der Waals surface area contributed by atoms with Gasteiger partial charge in [-0.25, -0.2) is 0 Å². The van der Waals surface area contributed by atoms with Crippen molar-refractivity contribution in [1.29, 1.82) is 0 Å². The number of ether oxygens (including phenoxy) is 1. The Morgan fingerprint density at radius 2 is 2.29 bits per heavy atom. The molecule has 0 radical (unpaired) electrons. The zero-order valence-corrected chi connectivity index (χ0v) is 8.67. The van der Waals surface area contributed by atoms with Crippen molar-refractivity contribution >= 4 is 23.3 Å². The molecule has 1 aromatic rings. The largest absolute Gasteiger partial charge is 0.466 e. The van der Waals surface area contributed by atoms with Gasteiger partial charge in [0.15, 0.2) is 0 Å². The van der Waals surface area contributed by atoms with Crippen LogP contribution >= 0.6 is 11.6 Å². The minimum Gasteiger partial charge on any atom is -0.466 e. The van der Waals surface area contributed by atoms with Gasteiger partial charge in [-0.2, -0.15) is 0 Å². The number of esters is 1. The van der Waals surface area contributed by atoms with Crippen molar-refractivity contribution in [3.8, 4) is 0 Å². The maximum atomic E-state index is 11.2. The van der Waals surface area contributed by atoms with Gasteiger partial charge in [0, 0.05) is 16.3 Å². The summed E-state index contributed by atoms with van der Waals surface area (Å²) in [6, 6.07) is 5.15. The second-order valence-corrected chi connectivity index (χ2v) is 3.20. The molecule has 0 bridgehead atoms. The van der Waals surface area contributed by atoms with Crippen molar-refractivity contribution in [2.24, 2.45) is 0 Å². The lowest BCUT2D eigenvalue weighted by atomic mass is 10.1. The average molecular weight is 214 g/mol. The first-order valence-corrected chi connectivity index (χ1v) is 4.71. The summed E-state index contributed by atoms with van der Waals surface area (Å²) in [5.41, 5.74) is 6.82. The van der Waals surface area contributed by atoms with E-state index in [0.717, 1.165) is 0 Å². The number of carbonyl (C=O) groups is 1. The van der Waals surface area contributed by atoms with E-state index in [1.165, 1.54) is 0 Å². The lowest BCUT2D eigenvalue weighted by molar-refractivity contribution is -0.142. The fourth-order valence-electron chi connectivity index (χ4n) is 1.12. The molecule has 0 unspecified atom stereocenters. The van der Waals surface area contributed by atoms with Crippen LogP contribution in [-0.4, -0.2) is 12.6 Å². The van der Waals surface area contributed by atoms with Crippen LogP contribution in [0.1, 0.15) is 12.5 Å². The van der Waals surface area contributed by atoms with E-state index in [1.807, 2.05) is 0 Å². The molecule has 0 aromatic heterocycles. The molecule has 0 heterocycles. The Kier molecular flexibility index (Phi) is 3.77.